The van der Waals surface area contributed by atoms with E-state index in [9.17, 15) is 0 Å². The van der Waals surface area contributed by atoms with Crippen LogP contribution in [-0.2, 0) is 6.61 Å². The summed E-state index contributed by atoms with van der Waals surface area (Å²) in [6, 6.07) is 13.9. The van der Waals surface area contributed by atoms with Crippen LogP contribution in [0.4, 0.5) is 0 Å². The standard InChI is InChI=1S/C19H24N2O3/c1-3-23-19-12-17(13-21-20-10-11-22)8-9-18(19)24-14-16-6-4-15(2)5-7-16/h4-9,12-13,20,22H,3,10-11,14H2,1-2H3. The van der Waals surface area contributed by atoms with Gasteiger partial charge in [0.25, 0.3) is 0 Å². The molecular weight excluding hydrogens is 304 g/mol. The lowest BCUT2D eigenvalue weighted by molar-refractivity contribution is 0.269. The monoisotopic (exact) mass is 328 g/mol. The Labute approximate surface area is 142 Å². The minimum Gasteiger partial charge on any atom is -0.490 e. The van der Waals surface area contributed by atoms with Crippen LogP contribution in [0.15, 0.2) is 47.6 Å². The summed E-state index contributed by atoms with van der Waals surface area (Å²) in [6.45, 7) is 5.52. The number of aryl methyl sites for hydroxylation is 1. The van der Waals surface area contributed by atoms with Crippen LogP contribution < -0.4 is 14.9 Å². The number of nitrogens with one attached hydrogen (secondary N) is 1. The van der Waals surface area contributed by atoms with Crippen LogP contribution in [0.3, 0.4) is 0 Å². The van der Waals surface area contributed by atoms with E-state index >= 15 is 0 Å². The number of hydrogen-bond acceptors (Lipinski definition) is 5. The van der Waals surface area contributed by atoms with Crippen LogP contribution in [0, 0.1) is 6.92 Å². The van der Waals surface area contributed by atoms with Gasteiger partial charge in [-0.3, -0.25) is 0 Å². The van der Waals surface area contributed by atoms with Crippen molar-refractivity contribution in [2.45, 2.75) is 20.5 Å². The van der Waals surface area contributed by atoms with Crippen molar-refractivity contribution in [3.05, 3.63) is 59.2 Å². The van der Waals surface area contributed by atoms with Gasteiger partial charge >= 0.3 is 0 Å². The second-order valence-corrected chi connectivity index (χ2v) is 5.30. The molecule has 0 aliphatic carbocycles. The number of aliphatic hydroxyl groups is 1. The highest BCUT2D eigenvalue weighted by Crippen LogP contribution is 2.28. The molecule has 0 saturated carbocycles. The van der Waals surface area contributed by atoms with Crippen LogP contribution >= 0.6 is 0 Å². The minimum absolute atomic E-state index is 0.0489. The topological polar surface area (TPSA) is 63.1 Å². The molecule has 0 bridgehead atoms. The van der Waals surface area contributed by atoms with Crippen molar-refractivity contribution < 1.29 is 14.6 Å². The summed E-state index contributed by atoms with van der Waals surface area (Å²) >= 11 is 0. The molecular formula is C19H24N2O3. The Morgan fingerprint density at radius 1 is 1.08 bits per heavy atom. The van der Waals surface area contributed by atoms with Gasteiger partial charge in [0, 0.05) is 0 Å². The van der Waals surface area contributed by atoms with Gasteiger partial charge < -0.3 is 20.0 Å². The predicted molar refractivity (Wildman–Crippen MR) is 95.8 cm³/mol. The molecule has 0 aliphatic heterocycles. The third-order valence-corrected chi connectivity index (χ3v) is 3.31. The Bertz CT molecular complexity index is 654. The average molecular weight is 328 g/mol. The molecule has 0 atom stereocenters. The minimum atomic E-state index is 0.0489. The fourth-order valence-electron chi connectivity index (χ4n) is 2.07. The molecule has 2 aromatic rings. The summed E-state index contributed by atoms with van der Waals surface area (Å²) in [5.41, 5.74) is 5.98. The fraction of sp³-hybridized carbons (Fsp3) is 0.316. The zero-order valence-electron chi connectivity index (χ0n) is 14.2. The maximum absolute atomic E-state index is 8.71. The van der Waals surface area contributed by atoms with Crippen molar-refractivity contribution in [2.24, 2.45) is 5.10 Å². The highest BCUT2D eigenvalue weighted by molar-refractivity contribution is 5.80. The Morgan fingerprint density at radius 2 is 1.88 bits per heavy atom. The Hall–Kier alpha value is -2.53. The van der Waals surface area contributed by atoms with Gasteiger partial charge in [-0.05, 0) is 43.2 Å². The van der Waals surface area contributed by atoms with Crippen LogP contribution in [0.1, 0.15) is 23.6 Å². The normalized spacial score (nSPS) is 10.8. The third-order valence-electron chi connectivity index (χ3n) is 3.31. The SMILES string of the molecule is CCOc1cc(C=NNCCO)ccc1OCc1ccc(C)cc1. The van der Waals surface area contributed by atoms with Crippen molar-refractivity contribution in [1.82, 2.24) is 5.43 Å². The van der Waals surface area contributed by atoms with Gasteiger partial charge in [0.15, 0.2) is 11.5 Å². The third kappa shape index (κ3) is 5.59. The number of benzene rings is 2. The summed E-state index contributed by atoms with van der Waals surface area (Å²) in [5.74, 6) is 1.40. The average Bonchev–Trinajstić information content (AvgIpc) is 2.60. The summed E-state index contributed by atoms with van der Waals surface area (Å²) in [5, 5.41) is 12.7. The van der Waals surface area contributed by atoms with E-state index in [4.69, 9.17) is 14.6 Å². The highest BCUT2D eigenvalue weighted by atomic mass is 16.5. The molecule has 0 heterocycles. The number of hydrazone groups is 1. The Morgan fingerprint density at radius 3 is 2.58 bits per heavy atom. The zero-order chi connectivity index (χ0) is 17.2. The largest absolute Gasteiger partial charge is 0.490 e. The quantitative estimate of drug-likeness (QED) is 0.422. The summed E-state index contributed by atoms with van der Waals surface area (Å²) in [6.07, 6.45) is 1.68. The summed E-state index contributed by atoms with van der Waals surface area (Å²) < 4.78 is 11.6. The van der Waals surface area contributed by atoms with Gasteiger partial charge in [-0.25, -0.2) is 0 Å². The van der Waals surface area contributed by atoms with Crippen molar-refractivity contribution in [3.63, 3.8) is 0 Å². The first-order valence-electron chi connectivity index (χ1n) is 8.05. The first-order valence-corrected chi connectivity index (χ1v) is 8.05. The lowest BCUT2D eigenvalue weighted by atomic mass is 10.2. The van der Waals surface area contributed by atoms with E-state index in [0.717, 1.165) is 11.1 Å². The lowest BCUT2D eigenvalue weighted by Crippen LogP contribution is -2.11. The second kappa shape index (κ2) is 9.57. The molecule has 2 aromatic carbocycles. The smallest absolute Gasteiger partial charge is 0.161 e. The van der Waals surface area contributed by atoms with Gasteiger partial charge in [0.2, 0.25) is 0 Å². The number of rotatable bonds is 9. The van der Waals surface area contributed by atoms with Gasteiger partial charge in [0.05, 0.1) is 26.0 Å². The summed E-state index contributed by atoms with van der Waals surface area (Å²) in [7, 11) is 0. The number of aliphatic hydroxyl groups excluding tert-OH is 1. The maximum Gasteiger partial charge on any atom is 0.161 e. The number of nitrogens with zero attached hydrogens (tertiary/aromatic N) is 1. The predicted octanol–water partition coefficient (Wildman–Crippen LogP) is 2.89. The second-order valence-electron chi connectivity index (χ2n) is 5.30. The molecule has 0 amide bonds. The van der Waals surface area contributed by atoms with Gasteiger partial charge in [-0.1, -0.05) is 29.8 Å². The molecule has 0 radical (unpaired) electrons. The molecule has 0 unspecified atom stereocenters. The molecule has 0 saturated heterocycles. The molecule has 5 nitrogen and oxygen atoms in total. The van der Waals surface area contributed by atoms with E-state index in [1.807, 2.05) is 25.1 Å². The molecule has 5 heteroatoms. The molecule has 24 heavy (non-hydrogen) atoms. The van der Waals surface area contributed by atoms with Crippen molar-refractivity contribution in [2.75, 3.05) is 19.8 Å². The van der Waals surface area contributed by atoms with Crippen molar-refractivity contribution in [1.29, 1.82) is 0 Å². The molecule has 0 fully saturated rings. The first-order chi connectivity index (χ1) is 11.7. The van der Waals surface area contributed by atoms with Crippen molar-refractivity contribution in [3.8, 4) is 11.5 Å². The van der Waals surface area contributed by atoms with E-state index in [1.54, 1.807) is 6.21 Å². The van der Waals surface area contributed by atoms with E-state index in [1.165, 1.54) is 5.56 Å². The van der Waals surface area contributed by atoms with Crippen LogP contribution in [0.2, 0.25) is 0 Å². The number of ether oxygens (including phenoxy) is 2. The van der Waals surface area contributed by atoms with Crippen LogP contribution in [0.25, 0.3) is 0 Å². The first kappa shape index (κ1) is 17.8. The molecule has 2 rings (SSSR count). The summed E-state index contributed by atoms with van der Waals surface area (Å²) in [4.78, 5) is 0. The maximum atomic E-state index is 8.71. The van der Waals surface area contributed by atoms with Gasteiger partial charge in [-0.15, -0.1) is 0 Å². The molecule has 0 aromatic heterocycles. The van der Waals surface area contributed by atoms with Crippen LogP contribution in [0.5, 0.6) is 11.5 Å². The van der Waals surface area contributed by atoms with E-state index in [-0.39, 0.29) is 6.61 Å². The van der Waals surface area contributed by atoms with Crippen LogP contribution in [-0.4, -0.2) is 31.1 Å². The Balaban J connectivity index is 2.05. The lowest BCUT2D eigenvalue weighted by Gasteiger charge is -2.12. The van der Waals surface area contributed by atoms with Gasteiger partial charge in [0.1, 0.15) is 6.61 Å². The van der Waals surface area contributed by atoms with E-state index < -0.39 is 0 Å². The molecule has 2 N–H and O–H groups in total. The highest BCUT2D eigenvalue weighted by Gasteiger charge is 2.06. The zero-order valence-corrected chi connectivity index (χ0v) is 14.2. The Kier molecular flexibility index (Phi) is 7.11. The van der Waals surface area contributed by atoms with E-state index in [2.05, 4.69) is 41.7 Å². The van der Waals surface area contributed by atoms with E-state index in [0.29, 0.717) is 31.3 Å². The van der Waals surface area contributed by atoms with Gasteiger partial charge in [-0.2, -0.15) is 5.10 Å². The van der Waals surface area contributed by atoms with Crippen molar-refractivity contribution >= 4 is 6.21 Å². The fourth-order valence-corrected chi connectivity index (χ4v) is 2.07. The molecule has 0 aliphatic rings. The molecule has 0 spiro atoms. The number of hydrogen-bond donors (Lipinski definition) is 2. The molecule has 128 valence electrons.